The van der Waals surface area contributed by atoms with Crippen LogP contribution >= 0.6 is 11.6 Å². The average molecular weight is 433 g/mol. The van der Waals surface area contributed by atoms with Crippen molar-refractivity contribution in [2.75, 3.05) is 25.1 Å². The topological polar surface area (TPSA) is 76.7 Å². The minimum Gasteiger partial charge on any atom is -0.490 e. The maximum atomic E-state index is 12.6. The smallest absolute Gasteiger partial charge is 0.251 e. The molecule has 0 aromatic heterocycles. The van der Waals surface area contributed by atoms with Gasteiger partial charge in [0, 0.05) is 11.3 Å². The Morgan fingerprint density at radius 2 is 1.77 bits per heavy atom. The first-order chi connectivity index (χ1) is 14.4. The van der Waals surface area contributed by atoms with Crippen molar-refractivity contribution in [3.63, 3.8) is 0 Å². The van der Waals surface area contributed by atoms with Crippen molar-refractivity contribution in [3.8, 4) is 11.5 Å². The summed E-state index contributed by atoms with van der Waals surface area (Å²) in [4.78, 5) is 24.9. The van der Waals surface area contributed by atoms with Crippen molar-refractivity contribution >= 4 is 29.1 Å². The number of anilines is 1. The molecular formula is C23H29ClN2O4. The molecule has 30 heavy (non-hydrogen) atoms. The van der Waals surface area contributed by atoms with Crippen molar-refractivity contribution in [3.05, 3.63) is 52.0 Å². The molecule has 0 saturated heterocycles. The number of ether oxygens (including phenoxy) is 2. The fraction of sp³-hybridized carbons (Fsp3) is 0.391. The van der Waals surface area contributed by atoms with E-state index in [0.717, 1.165) is 29.7 Å². The van der Waals surface area contributed by atoms with E-state index >= 15 is 0 Å². The van der Waals surface area contributed by atoms with E-state index in [4.69, 9.17) is 21.1 Å². The van der Waals surface area contributed by atoms with E-state index in [-0.39, 0.29) is 12.5 Å². The minimum absolute atomic E-state index is 0.164. The Bertz CT molecular complexity index is 879. The number of carbonyl (C=O) groups is 2. The quantitative estimate of drug-likeness (QED) is 0.523. The van der Waals surface area contributed by atoms with Gasteiger partial charge in [0.15, 0.2) is 11.5 Å². The second kappa shape index (κ2) is 11.5. The largest absolute Gasteiger partial charge is 0.490 e. The normalized spacial score (nSPS) is 10.4. The molecule has 2 aromatic carbocycles. The molecule has 0 bridgehead atoms. The van der Waals surface area contributed by atoms with Crippen LogP contribution in [0.3, 0.4) is 0 Å². The molecule has 0 saturated carbocycles. The van der Waals surface area contributed by atoms with Crippen molar-refractivity contribution < 1.29 is 19.1 Å². The van der Waals surface area contributed by atoms with Crippen LogP contribution in [-0.2, 0) is 4.79 Å². The first-order valence-corrected chi connectivity index (χ1v) is 10.5. The van der Waals surface area contributed by atoms with Crippen LogP contribution in [0.1, 0.15) is 48.2 Å². The molecule has 0 atom stereocenters. The third-order valence-electron chi connectivity index (χ3n) is 4.47. The highest BCUT2D eigenvalue weighted by Gasteiger charge is 2.17. The Hall–Kier alpha value is -2.73. The molecule has 0 fully saturated rings. The number of carbonyl (C=O) groups excluding carboxylic acids is 2. The predicted molar refractivity (Wildman–Crippen MR) is 120 cm³/mol. The molecule has 2 N–H and O–H groups in total. The summed E-state index contributed by atoms with van der Waals surface area (Å²) < 4.78 is 11.3. The van der Waals surface area contributed by atoms with Crippen LogP contribution in [-0.4, -0.2) is 31.6 Å². The molecule has 0 aliphatic heterocycles. The van der Waals surface area contributed by atoms with Crippen LogP contribution in [0.25, 0.3) is 0 Å². The Kier molecular flexibility index (Phi) is 8.99. The number of para-hydroxylation sites is 1. The minimum atomic E-state index is -0.422. The summed E-state index contributed by atoms with van der Waals surface area (Å²) in [5.41, 5.74) is 2.97. The van der Waals surface area contributed by atoms with Gasteiger partial charge in [-0.1, -0.05) is 43.1 Å². The fourth-order valence-electron chi connectivity index (χ4n) is 2.88. The number of halogens is 1. The zero-order valence-corrected chi connectivity index (χ0v) is 18.7. The number of hydrogen-bond donors (Lipinski definition) is 2. The number of amides is 2. The Morgan fingerprint density at radius 3 is 2.40 bits per heavy atom. The van der Waals surface area contributed by atoms with Crippen molar-refractivity contribution in [1.29, 1.82) is 0 Å². The van der Waals surface area contributed by atoms with Crippen LogP contribution in [0.5, 0.6) is 11.5 Å². The number of benzene rings is 2. The highest BCUT2D eigenvalue weighted by atomic mass is 35.5. The van der Waals surface area contributed by atoms with Gasteiger partial charge in [-0.2, -0.15) is 0 Å². The molecule has 0 heterocycles. The summed E-state index contributed by atoms with van der Waals surface area (Å²) in [5.74, 6) is 0.105. The molecule has 0 radical (unpaired) electrons. The SMILES string of the molecule is CCCCOc1c(Cl)cc(C(=O)NCC(=O)Nc2c(C)cccc2C)cc1OCC. The number of rotatable bonds is 10. The first-order valence-electron chi connectivity index (χ1n) is 10.1. The maximum Gasteiger partial charge on any atom is 0.251 e. The lowest BCUT2D eigenvalue weighted by Gasteiger charge is -2.15. The van der Waals surface area contributed by atoms with E-state index in [1.165, 1.54) is 6.07 Å². The average Bonchev–Trinajstić information content (AvgIpc) is 2.71. The zero-order chi connectivity index (χ0) is 22.1. The van der Waals surface area contributed by atoms with Crippen molar-refractivity contribution in [2.45, 2.75) is 40.5 Å². The molecule has 0 unspecified atom stereocenters. The Balaban J connectivity index is 2.06. The van der Waals surface area contributed by atoms with Crippen LogP contribution < -0.4 is 20.1 Å². The van der Waals surface area contributed by atoms with Gasteiger partial charge in [0.2, 0.25) is 5.91 Å². The molecule has 2 aromatic rings. The molecule has 0 aliphatic carbocycles. The van der Waals surface area contributed by atoms with E-state index in [1.54, 1.807) is 6.07 Å². The standard InChI is InChI=1S/C23H29ClN2O4/c1-5-7-11-30-22-18(24)12-17(13-19(22)29-6-2)23(28)25-14-20(27)26-21-15(3)9-8-10-16(21)4/h8-10,12-13H,5-7,11,14H2,1-4H3,(H,25,28)(H,26,27). The van der Waals surface area contributed by atoms with E-state index in [2.05, 4.69) is 17.6 Å². The molecule has 2 rings (SSSR count). The van der Waals surface area contributed by atoms with Gasteiger partial charge in [-0.05, 0) is 50.5 Å². The lowest BCUT2D eigenvalue weighted by molar-refractivity contribution is -0.115. The van der Waals surface area contributed by atoms with Crippen molar-refractivity contribution in [1.82, 2.24) is 5.32 Å². The molecule has 162 valence electrons. The first kappa shape index (κ1) is 23.5. The van der Waals surface area contributed by atoms with Gasteiger partial charge in [-0.3, -0.25) is 9.59 Å². The van der Waals surface area contributed by atoms with Gasteiger partial charge in [0.25, 0.3) is 5.91 Å². The third-order valence-corrected chi connectivity index (χ3v) is 4.75. The van der Waals surface area contributed by atoms with Crippen LogP contribution in [0.15, 0.2) is 30.3 Å². The van der Waals surface area contributed by atoms with Gasteiger partial charge >= 0.3 is 0 Å². The molecule has 0 spiro atoms. The summed E-state index contributed by atoms with van der Waals surface area (Å²) in [6.07, 6.45) is 1.88. The molecule has 7 heteroatoms. The monoisotopic (exact) mass is 432 g/mol. The van der Waals surface area contributed by atoms with Gasteiger partial charge in [-0.25, -0.2) is 0 Å². The van der Waals surface area contributed by atoms with Crippen LogP contribution in [0.2, 0.25) is 5.02 Å². The Morgan fingerprint density at radius 1 is 1.07 bits per heavy atom. The molecular weight excluding hydrogens is 404 g/mol. The van der Waals surface area contributed by atoms with Gasteiger partial charge < -0.3 is 20.1 Å². The number of hydrogen-bond acceptors (Lipinski definition) is 4. The summed E-state index contributed by atoms with van der Waals surface area (Å²) in [7, 11) is 0. The summed E-state index contributed by atoms with van der Waals surface area (Å²) in [6, 6.07) is 8.86. The van der Waals surface area contributed by atoms with Crippen LogP contribution in [0.4, 0.5) is 5.69 Å². The van der Waals surface area contributed by atoms with E-state index in [1.807, 2.05) is 39.0 Å². The summed E-state index contributed by atoms with van der Waals surface area (Å²) >= 11 is 6.33. The second-order valence-electron chi connectivity index (χ2n) is 6.92. The van der Waals surface area contributed by atoms with E-state index in [0.29, 0.717) is 35.3 Å². The third kappa shape index (κ3) is 6.39. The van der Waals surface area contributed by atoms with Gasteiger partial charge in [-0.15, -0.1) is 0 Å². The highest BCUT2D eigenvalue weighted by molar-refractivity contribution is 6.32. The lowest BCUT2D eigenvalue weighted by Crippen LogP contribution is -2.33. The highest BCUT2D eigenvalue weighted by Crippen LogP contribution is 2.37. The fourth-order valence-corrected chi connectivity index (χ4v) is 3.14. The van der Waals surface area contributed by atoms with Gasteiger partial charge in [0.05, 0.1) is 24.8 Å². The summed E-state index contributed by atoms with van der Waals surface area (Å²) in [6.45, 7) is 8.50. The van der Waals surface area contributed by atoms with E-state index in [9.17, 15) is 9.59 Å². The maximum absolute atomic E-state index is 12.6. The van der Waals surface area contributed by atoms with E-state index < -0.39 is 5.91 Å². The van der Waals surface area contributed by atoms with Crippen molar-refractivity contribution in [2.24, 2.45) is 0 Å². The van der Waals surface area contributed by atoms with Crippen LogP contribution in [0, 0.1) is 13.8 Å². The lowest BCUT2D eigenvalue weighted by atomic mass is 10.1. The number of aryl methyl sites for hydroxylation is 2. The zero-order valence-electron chi connectivity index (χ0n) is 17.9. The molecule has 0 aliphatic rings. The molecule has 2 amide bonds. The predicted octanol–water partition coefficient (Wildman–Crippen LogP) is 4.90. The summed E-state index contributed by atoms with van der Waals surface area (Å²) in [5, 5.41) is 5.76. The number of unbranched alkanes of at least 4 members (excludes halogenated alkanes) is 1. The van der Waals surface area contributed by atoms with Gasteiger partial charge in [0.1, 0.15) is 0 Å². The number of nitrogens with one attached hydrogen (secondary N) is 2. The Labute approximate surface area is 182 Å². The molecule has 6 nitrogen and oxygen atoms in total. The second-order valence-corrected chi connectivity index (χ2v) is 7.33.